The third-order valence-corrected chi connectivity index (χ3v) is 3.62. The summed E-state index contributed by atoms with van der Waals surface area (Å²) in [6.07, 6.45) is 2.59. The van der Waals surface area contributed by atoms with Crippen LogP contribution >= 0.6 is 31.9 Å². The summed E-state index contributed by atoms with van der Waals surface area (Å²) in [5, 5.41) is 26.2. The van der Waals surface area contributed by atoms with Gasteiger partial charge >= 0.3 is 5.97 Å². The van der Waals surface area contributed by atoms with Gasteiger partial charge in [0.15, 0.2) is 0 Å². The summed E-state index contributed by atoms with van der Waals surface area (Å²) >= 11 is 6.01. The first-order valence-corrected chi connectivity index (χ1v) is 5.20. The maximum Gasteiger partial charge on any atom is 0.312 e. The Kier molecular flexibility index (Phi) is 5.60. The van der Waals surface area contributed by atoms with Gasteiger partial charge in [0.2, 0.25) is 0 Å². The lowest BCUT2D eigenvalue weighted by atomic mass is 10.2. The maximum atomic E-state index is 8.73. The lowest BCUT2D eigenvalue weighted by molar-refractivity contribution is -0.275. The molecule has 0 unspecified atom stereocenters. The van der Waals surface area contributed by atoms with Crippen molar-refractivity contribution in [3.8, 4) is 0 Å². The smallest absolute Gasteiger partial charge is 0.312 e. The van der Waals surface area contributed by atoms with Crippen molar-refractivity contribution in [2.75, 3.05) is 0 Å². The Balaban J connectivity index is 4.26. The Morgan fingerprint density at radius 1 is 1.25 bits per heavy atom. The number of rotatable bonds is 4. The Morgan fingerprint density at radius 3 is 2.08 bits per heavy atom. The first kappa shape index (κ1) is 12.6. The van der Waals surface area contributed by atoms with E-state index in [-0.39, 0.29) is 4.48 Å². The molecule has 0 rings (SSSR count). The van der Waals surface area contributed by atoms with Crippen molar-refractivity contribution in [3.05, 3.63) is 8.96 Å². The summed E-state index contributed by atoms with van der Waals surface area (Å²) in [6.45, 7) is 2.03. The fourth-order valence-electron chi connectivity index (χ4n) is 0.624. The number of hydrogen-bond acceptors (Lipinski definition) is 3. The van der Waals surface area contributed by atoms with Crippen molar-refractivity contribution in [1.29, 1.82) is 0 Å². The van der Waals surface area contributed by atoms with Gasteiger partial charge < -0.3 is 15.3 Å². The lowest BCUT2D eigenvalue weighted by Gasteiger charge is -2.14. The first-order chi connectivity index (χ1) is 5.39. The zero-order chi connectivity index (χ0) is 9.78. The van der Waals surface area contributed by atoms with Gasteiger partial charge in [-0.15, -0.1) is 0 Å². The average Bonchev–Trinajstić information content (AvgIpc) is 1.97. The Hall–Kier alpha value is 0.580. The normalized spacial score (nSPS) is 14.5. The summed E-state index contributed by atoms with van der Waals surface area (Å²) in [7, 11) is 0. The highest BCUT2D eigenvalue weighted by Crippen LogP contribution is 2.28. The van der Waals surface area contributed by atoms with E-state index >= 15 is 0 Å². The molecular formula is C7H12Br2O3. The molecule has 0 aliphatic heterocycles. The summed E-state index contributed by atoms with van der Waals surface area (Å²) in [5.74, 6) is -2.77. The van der Waals surface area contributed by atoms with Gasteiger partial charge in [0.1, 0.15) is 0 Å². The van der Waals surface area contributed by atoms with Crippen LogP contribution in [0.15, 0.2) is 8.96 Å². The quantitative estimate of drug-likeness (QED) is 0.694. The van der Waals surface area contributed by atoms with Crippen LogP contribution in [0.3, 0.4) is 0 Å². The third-order valence-electron chi connectivity index (χ3n) is 1.28. The molecule has 0 atom stereocenters. The maximum absolute atomic E-state index is 8.73. The van der Waals surface area contributed by atoms with Crippen LogP contribution in [0.1, 0.15) is 26.2 Å². The van der Waals surface area contributed by atoms with Crippen LogP contribution in [-0.4, -0.2) is 21.3 Å². The minimum atomic E-state index is -2.77. The molecule has 3 N–H and O–H groups in total. The molecule has 0 aromatic rings. The molecule has 0 fully saturated rings. The molecule has 0 aromatic heterocycles. The topological polar surface area (TPSA) is 60.7 Å². The van der Waals surface area contributed by atoms with Gasteiger partial charge in [0, 0.05) is 4.48 Å². The number of allylic oxidation sites excluding steroid dienone is 1. The second-order valence-corrected chi connectivity index (χ2v) is 4.21. The van der Waals surface area contributed by atoms with E-state index in [1.54, 1.807) is 0 Å². The molecule has 0 heterocycles. The minimum absolute atomic E-state index is 0.0385. The van der Waals surface area contributed by atoms with Crippen LogP contribution in [0.25, 0.3) is 0 Å². The van der Waals surface area contributed by atoms with Crippen molar-refractivity contribution in [1.82, 2.24) is 0 Å². The lowest BCUT2D eigenvalue weighted by Crippen LogP contribution is -2.27. The summed E-state index contributed by atoms with van der Waals surface area (Å²) in [4.78, 5) is 0. The van der Waals surface area contributed by atoms with Gasteiger partial charge in [-0.1, -0.05) is 29.3 Å². The highest BCUT2D eigenvalue weighted by atomic mass is 79.9. The van der Waals surface area contributed by atoms with Crippen molar-refractivity contribution in [3.63, 3.8) is 0 Å². The number of hydrogen-bond donors (Lipinski definition) is 3. The molecule has 0 aromatic carbocycles. The monoisotopic (exact) mass is 302 g/mol. The third kappa shape index (κ3) is 4.57. The second kappa shape index (κ2) is 5.34. The van der Waals surface area contributed by atoms with E-state index in [0.717, 1.165) is 12.8 Å². The largest absolute Gasteiger partial charge is 0.339 e. The van der Waals surface area contributed by atoms with Crippen molar-refractivity contribution in [2.24, 2.45) is 0 Å². The van der Waals surface area contributed by atoms with Crippen LogP contribution in [0.2, 0.25) is 0 Å². The van der Waals surface area contributed by atoms with Crippen LogP contribution in [0.5, 0.6) is 0 Å². The Labute approximate surface area is 88.4 Å². The molecule has 3 nitrogen and oxygen atoms in total. The van der Waals surface area contributed by atoms with E-state index < -0.39 is 5.97 Å². The summed E-state index contributed by atoms with van der Waals surface area (Å²) in [6, 6.07) is 0. The van der Waals surface area contributed by atoms with Crippen molar-refractivity contribution in [2.45, 2.75) is 32.2 Å². The Morgan fingerprint density at radius 2 is 1.75 bits per heavy atom. The molecule has 0 bridgehead atoms. The fourth-order valence-corrected chi connectivity index (χ4v) is 1.37. The highest BCUT2D eigenvalue weighted by molar-refractivity contribution is 9.14. The van der Waals surface area contributed by atoms with Crippen LogP contribution < -0.4 is 0 Å². The van der Waals surface area contributed by atoms with E-state index in [0.29, 0.717) is 10.9 Å². The van der Waals surface area contributed by atoms with Gasteiger partial charge in [0.05, 0.1) is 4.48 Å². The molecule has 72 valence electrons. The number of aliphatic hydroxyl groups is 3. The van der Waals surface area contributed by atoms with E-state index in [4.69, 9.17) is 15.3 Å². The van der Waals surface area contributed by atoms with Gasteiger partial charge in [0.25, 0.3) is 0 Å². The molecule has 5 heteroatoms. The summed E-state index contributed by atoms with van der Waals surface area (Å²) < 4.78 is 0.528. The number of halogens is 2. The van der Waals surface area contributed by atoms with Crippen LogP contribution in [0, 0.1) is 0 Å². The molecule has 0 spiro atoms. The number of unbranched alkanes of at least 4 members (excludes halogenated alkanes) is 1. The average molecular weight is 304 g/mol. The fraction of sp³-hybridized carbons (Fsp3) is 0.714. The molecule has 0 aliphatic rings. The van der Waals surface area contributed by atoms with Crippen LogP contribution in [0.4, 0.5) is 0 Å². The first-order valence-electron chi connectivity index (χ1n) is 3.61. The van der Waals surface area contributed by atoms with Crippen molar-refractivity contribution >= 4 is 31.9 Å². The van der Waals surface area contributed by atoms with Gasteiger partial charge in [-0.2, -0.15) is 0 Å². The van der Waals surface area contributed by atoms with E-state index in [1.807, 2.05) is 6.92 Å². The summed E-state index contributed by atoms with van der Waals surface area (Å²) in [5.41, 5.74) is 0. The van der Waals surface area contributed by atoms with Gasteiger partial charge in [-0.05, 0) is 28.8 Å². The van der Waals surface area contributed by atoms with Gasteiger partial charge in [-0.25, -0.2) is 0 Å². The minimum Gasteiger partial charge on any atom is -0.339 e. The SMILES string of the molecule is CCCCC(Br)=C(Br)C(O)(O)O. The molecular weight excluding hydrogens is 292 g/mol. The molecule has 0 saturated carbocycles. The van der Waals surface area contributed by atoms with Crippen LogP contribution in [-0.2, 0) is 0 Å². The standard InChI is InChI=1S/C7H12Br2O3/c1-2-3-4-5(8)6(9)7(10,11)12/h10-12H,2-4H2,1H3. The molecule has 0 saturated heterocycles. The van der Waals surface area contributed by atoms with E-state index in [9.17, 15) is 0 Å². The van der Waals surface area contributed by atoms with E-state index in [2.05, 4.69) is 31.9 Å². The molecule has 0 radical (unpaired) electrons. The zero-order valence-electron chi connectivity index (χ0n) is 6.72. The van der Waals surface area contributed by atoms with Gasteiger partial charge in [-0.3, -0.25) is 0 Å². The second-order valence-electron chi connectivity index (χ2n) is 2.46. The molecule has 0 amide bonds. The zero-order valence-corrected chi connectivity index (χ0v) is 9.89. The van der Waals surface area contributed by atoms with Crippen molar-refractivity contribution < 1.29 is 15.3 Å². The predicted octanol–water partition coefficient (Wildman–Crippen LogP) is 1.81. The molecule has 12 heavy (non-hydrogen) atoms. The van der Waals surface area contributed by atoms with E-state index in [1.165, 1.54) is 0 Å². The molecule has 0 aliphatic carbocycles. The Bertz CT molecular complexity index is 172. The predicted molar refractivity (Wildman–Crippen MR) is 53.8 cm³/mol. The highest BCUT2D eigenvalue weighted by Gasteiger charge is 2.25.